The van der Waals surface area contributed by atoms with E-state index in [9.17, 15) is 14.4 Å². The van der Waals surface area contributed by atoms with Gasteiger partial charge in [0.05, 0.1) is 22.9 Å². The van der Waals surface area contributed by atoms with Crippen LogP contribution in [0.25, 0.3) is 0 Å². The van der Waals surface area contributed by atoms with Gasteiger partial charge in [-0.2, -0.15) is 0 Å². The maximum Gasteiger partial charge on any atom is 0.409 e. The molecule has 2 aromatic carbocycles. The first-order valence-electron chi connectivity index (χ1n) is 10.1. The summed E-state index contributed by atoms with van der Waals surface area (Å²) in [5.74, 6) is -0.343. The Morgan fingerprint density at radius 3 is 2.38 bits per heavy atom. The molecule has 1 N–H and O–H groups in total. The van der Waals surface area contributed by atoms with Gasteiger partial charge in [0, 0.05) is 31.2 Å². The lowest BCUT2D eigenvalue weighted by atomic mass is 10.1. The zero-order chi connectivity index (χ0) is 23.1. The molecule has 0 aromatic heterocycles. The number of piperazine rings is 1. The lowest BCUT2D eigenvalue weighted by molar-refractivity contribution is -0.118. The van der Waals surface area contributed by atoms with Crippen molar-refractivity contribution in [2.45, 2.75) is 6.92 Å². The van der Waals surface area contributed by atoms with E-state index in [1.54, 1.807) is 53.1 Å². The van der Waals surface area contributed by atoms with Crippen LogP contribution >= 0.6 is 23.2 Å². The number of carbonyl (C=O) groups is 3. The molecule has 0 radical (unpaired) electrons. The molecule has 1 fully saturated rings. The van der Waals surface area contributed by atoms with Crippen molar-refractivity contribution >= 4 is 46.8 Å². The molecular weight excluding hydrogens is 457 g/mol. The number of benzene rings is 2. The molecule has 1 saturated heterocycles. The maximum atomic E-state index is 13.0. The number of nitrogens with one attached hydrogen (secondary N) is 1. The lowest BCUT2D eigenvalue weighted by Gasteiger charge is -2.34. The topological polar surface area (TPSA) is 88.2 Å². The fraction of sp³-hybridized carbons (Fsp3) is 0.318. The van der Waals surface area contributed by atoms with Gasteiger partial charge in [-0.05, 0) is 37.3 Å². The van der Waals surface area contributed by atoms with E-state index in [1.165, 1.54) is 6.07 Å². The molecule has 1 heterocycles. The summed E-state index contributed by atoms with van der Waals surface area (Å²) in [6.45, 7) is 3.28. The number of nitrogens with zero attached hydrogens (tertiary/aromatic N) is 2. The quantitative estimate of drug-likeness (QED) is 0.677. The van der Waals surface area contributed by atoms with Gasteiger partial charge in [0.25, 0.3) is 11.8 Å². The predicted molar refractivity (Wildman–Crippen MR) is 122 cm³/mol. The Hall–Kier alpha value is -2.97. The average Bonchev–Trinajstić information content (AvgIpc) is 2.78. The van der Waals surface area contributed by atoms with Gasteiger partial charge in [0.2, 0.25) is 0 Å². The van der Waals surface area contributed by atoms with Crippen LogP contribution in [0.4, 0.5) is 10.5 Å². The van der Waals surface area contributed by atoms with Crippen LogP contribution in [0.5, 0.6) is 5.75 Å². The fourth-order valence-corrected chi connectivity index (χ4v) is 3.64. The second kappa shape index (κ2) is 11.1. The van der Waals surface area contributed by atoms with Gasteiger partial charge in [-0.1, -0.05) is 35.3 Å². The van der Waals surface area contributed by atoms with Crippen LogP contribution in [0.15, 0.2) is 42.5 Å². The maximum absolute atomic E-state index is 13.0. The molecule has 10 heteroatoms. The van der Waals surface area contributed by atoms with Gasteiger partial charge in [-0.3, -0.25) is 9.59 Å². The summed E-state index contributed by atoms with van der Waals surface area (Å²) in [5, 5.41) is 3.47. The van der Waals surface area contributed by atoms with Crippen LogP contribution in [0, 0.1) is 0 Å². The predicted octanol–water partition coefficient (Wildman–Crippen LogP) is 3.93. The summed E-state index contributed by atoms with van der Waals surface area (Å²) in [6.07, 6.45) is -0.381. The molecule has 1 aliphatic heterocycles. The van der Waals surface area contributed by atoms with Crippen molar-refractivity contribution < 1.29 is 23.9 Å². The summed E-state index contributed by atoms with van der Waals surface area (Å²) in [6, 6.07) is 11.4. The molecule has 1 aliphatic rings. The second-order valence-electron chi connectivity index (χ2n) is 6.94. The van der Waals surface area contributed by atoms with Crippen molar-refractivity contribution in [2.24, 2.45) is 0 Å². The number of carbonyl (C=O) groups excluding carboxylic acids is 3. The second-order valence-corrected chi connectivity index (χ2v) is 7.78. The molecule has 0 spiro atoms. The molecule has 0 saturated carbocycles. The van der Waals surface area contributed by atoms with Crippen LogP contribution in [0.1, 0.15) is 17.3 Å². The highest BCUT2D eigenvalue weighted by Crippen LogP contribution is 2.27. The third kappa shape index (κ3) is 6.05. The molecule has 0 bridgehead atoms. The van der Waals surface area contributed by atoms with Gasteiger partial charge in [0.15, 0.2) is 6.61 Å². The summed E-state index contributed by atoms with van der Waals surface area (Å²) >= 11 is 11.9. The van der Waals surface area contributed by atoms with Gasteiger partial charge >= 0.3 is 6.09 Å². The Bertz CT molecular complexity index is 993. The number of ether oxygens (including phenoxy) is 2. The molecule has 32 heavy (non-hydrogen) atoms. The molecule has 2 aromatic rings. The van der Waals surface area contributed by atoms with Crippen LogP contribution < -0.4 is 10.1 Å². The summed E-state index contributed by atoms with van der Waals surface area (Å²) in [4.78, 5) is 40.5. The lowest BCUT2D eigenvalue weighted by Crippen LogP contribution is -2.50. The highest BCUT2D eigenvalue weighted by Gasteiger charge is 2.26. The molecule has 0 aliphatic carbocycles. The molecular formula is C22H23Cl2N3O5. The third-order valence-corrected chi connectivity index (χ3v) is 5.31. The molecule has 170 valence electrons. The van der Waals surface area contributed by atoms with Gasteiger partial charge < -0.3 is 24.6 Å². The van der Waals surface area contributed by atoms with Crippen molar-refractivity contribution in [1.29, 1.82) is 0 Å². The van der Waals surface area contributed by atoms with E-state index in [2.05, 4.69) is 5.32 Å². The SMILES string of the molecule is CCOC(=O)N1CCN(C(=O)c2ccccc2NC(=O)COc2ccc(Cl)cc2Cl)CC1. The minimum atomic E-state index is -0.441. The standard InChI is InChI=1S/C22H23Cl2N3O5/c1-2-31-22(30)27-11-9-26(10-12-27)21(29)16-5-3-4-6-18(16)25-20(28)14-32-19-8-7-15(23)13-17(19)24/h3-8,13H,2,9-12,14H2,1H3,(H,25,28). The normalized spacial score (nSPS) is 13.5. The monoisotopic (exact) mass is 479 g/mol. The van der Waals surface area contributed by atoms with E-state index < -0.39 is 5.91 Å². The number of halogens is 2. The third-order valence-electron chi connectivity index (χ3n) is 4.78. The van der Waals surface area contributed by atoms with Crippen LogP contribution in [-0.2, 0) is 9.53 Å². The summed E-state index contributed by atoms with van der Waals surface area (Å²) in [5.41, 5.74) is 0.732. The number of hydrogen-bond donors (Lipinski definition) is 1. The minimum absolute atomic E-state index is 0.230. The van der Waals surface area contributed by atoms with E-state index >= 15 is 0 Å². The molecule has 0 atom stereocenters. The Balaban J connectivity index is 1.60. The fourth-order valence-electron chi connectivity index (χ4n) is 3.18. The van der Waals surface area contributed by atoms with Crippen LogP contribution in [-0.4, -0.2) is 67.1 Å². The van der Waals surface area contributed by atoms with Gasteiger partial charge in [-0.15, -0.1) is 0 Å². The average molecular weight is 480 g/mol. The van der Waals surface area contributed by atoms with Crippen molar-refractivity contribution in [3.8, 4) is 5.75 Å². The largest absolute Gasteiger partial charge is 0.482 e. The summed E-state index contributed by atoms with van der Waals surface area (Å²) in [7, 11) is 0. The van der Waals surface area contributed by atoms with Crippen molar-refractivity contribution in [2.75, 3.05) is 44.7 Å². The number of rotatable bonds is 6. The number of hydrogen-bond acceptors (Lipinski definition) is 5. The molecule has 0 unspecified atom stereocenters. The van der Waals surface area contributed by atoms with Crippen LogP contribution in [0.3, 0.4) is 0 Å². The van der Waals surface area contributed by atoms with Gasteiger partial charge in [0.1, 0.15) is 5.75 Å². The Morgan fingerprint density at radius 1 is 1.00 bits per heavy atom. The molecule has 3 amide bonds. The van der Waals surface area contributed by atoms with E-state index in [0.29, 0.717) is 59.8 Å². The molecule has 3 rings (SSSR count). The zero-order valence-corrected chi connectivity index (χ0v) is 19.0. The van der Waals surface area contributed by atoms with Crippen molar-refractivity contribution in [3.63, 3.8) is 0 Å². The zero-order valence-electron chi connectivity index (χ0n) is 17.5. The first-order valence-corrected chi connectivity index (χ1v) is 10.8. The Kier molecular flexibility index (Phi) is 8.19. The first kappa shape index (κ1) is 23.7. The van der Waals surface area contributed by atoms with E-state index in [1.807, 2.05) is 0 Å². The minimum Gasteiger partial charge on any atom is -0.482 e. The van der Waals surface area contributed by atoms with Gasteiger partial charge in [-0.25, -0.2) is 4.79 Å². The first-order chi connectivity index (χ1) is 15.4. The van der Waals surface area contributed by atoms with Crippen LogP contribution in [0.2, 0.25) is 10.0 Å². The van der Waals surface area contributed by atoms with E-state index in [-0.39, 0.29) is 18.6 Å². The molecule has 8 nitrogen and oxygen atoms in total. The van der Waals surface area contributed by atoms with E-state index in [0.717, 1.165) is 0 Å². The van der Waals surface area contributed by atoms with Crippen molar-refractivity contribution in [3.05, 3.63) is 58.1 Å². The highest BCUT2D eigenvalue weighted by molar-refractivity contribution is 6.35. The number of para-hydroxylation sites is 1. The number of amides is 3. The van der Waals surface area contributed by atoms with E-state index in [4.69, 9.17) is 32.7 Å². The smallest absolute Gasteiger partial charge is 0.409 e. The highest BCUT2D eigenvalue weighted by atomic mass is 35.5. The number of anilines is 1. The van der Waals surface area contributed by atoms with Crippen molar-refractivity contribution in [1.82, 2.24) is 9.80 Å². The Labute approximate surface area is 196 Å². The Morgan fingerprint density at radius 2 is 1.69 bits per heavy atom. The summed E-state index contributed by atoms with van der Waals surface area (Å²) < 4.78 is 10.5.